The van der Waals surface area contributed by atoms with Crippen LogP contribution in [0.1, 0.15) is 11.3 Å². The molecule has 0 radical (unpaired) electrons. The van der Waals surface area contributed by atoms with E-state index in [1.54, 1.807) is 0 Å². The summed E-state index contributed by atoms with van der Waals surface area (Å²) in [5.74, 6) is 0. The molecule has 3 heterocycles. The highest BCUT2D eigenvalue weighted by Crippen LogP contribution is 2.49. The van der Waals surface area contributed by atoms with Crippen molar-refractivity contribution in [3.05, 3.63) is 111 Å². The first-order valence-electron chi connectivity index (χ1n) is 11.3. The zero-order valence-electron chi connectivity index (χ0n) is 18.7. The fraction of sp³-hybridized carbons (Fsp3) is 0.0690. The molecule has 160 valence electrons. The number of nitrogens with zero attached hydrogens (tertiary/aromatic N) is 5. The van der Waals surface area contributed by atoms with E-state index < -0.39 is 0 Å². The number of aryl methyl sites for hydroxylation is 1. The topological polar surface area (TPSA) is 63.4 Å². The van der Waals surface area contributed by atoms with Gasteiger partial charge < -0.3 is 0 Å². The summed E-state index contributed by atoms with van der Waals surface area (Å²) >= 11 is 0. The van der Waals surface area contributed by atoms with Gasteiger partial charge in [0.25, 0.3) is 0 Å². The van der Waals surface area contributed by atoms with Crippen LogP contribution < -0.4 is 10.7 Å². The molecule has 0 N–H and O–H groups in total. The Morgan fingerprint density at radius 3 is 2.29 bits per heavy atom. The van der Waals surface area contributed by atoms with Crippen LogP contribution in [-0.4, -0.2) is 15.4 Å². The number of aromatic nitrogens is 3. The zero-order valence-corrected chi connectivity index (χ0v) is 18.7. The molecule has 0 fully saturated rings. The third kappa shape index (κ3) is 2.58. The van der Waals surface area contributed by atoms with Gasteiger partial charge in [-0.25, -0.2) is 9.98 Å². The lowest BCUT2D eigenvalue weighted by Gasteiger charge is -2.17. The molecule has 5 nitrogen and oxygen atoms in total. The number of hydrogen-bond donors (Lipinski definition) is 0. The quantitative estimate of drug-likeness (QED) is 0.368. The normalized spacial score (nSPS) is 12.3. The van der Waals surface area contributed by atoms with E-state index in [1.165, 1.54) is 0 Å². The van der Waals surface area contributed by atoms with E-state index in [0.29, 0.717) is 0 Å². The van der Waals surface area contributed by atoms with E-state index in [2.05, 4.69) is 89.1 Å². The number of benzene rings is 4. The first kappa shape index (κ1) is 19.0. The third-order valence-corrected chi connectivity index (χ3v) is 6.82. The largest absolute Gasteiger partial charge is 0.248 e. The molecule has 5 heteroatoms. The number of para-hydroxylation sites is 1. The fourth-order valence-electron chi connectivity index (χ4n) is 5.04. The van der Waals surface area contributed by atoms with Crippen molar-refractivity contribution in [3.8, 4) is 33.5 Å². The van der Waals surface area contributed by atoms with Crippen molar-refractivity contribution in [1.29, 1.82) is 0 Å². The molecule has 0 unspecified atom stereocenters. The fourth-order valence-corrected chi connectivity index (χ4v) is 5.04. The molecule has 34 heavy (non-hydrogen) atoms. The van der Waals surface area contributed by atoms with Crippen molar-refractivity contribution in [1.82, 2.24) is 15.4 Å². The Bertz CT molecular complexity index is 1880. The second kappa shape index (κ2) is 6.99. The predicted octanol–water partition coefficient (Wildman–Crippen LogP) is 5.31. The molecular formula is C29H19N5. The standard InChI is InChI=1S/C29H19N5/c1-16-17(2)32-34-33-28(16)25-19(18-8-4-3-5-9-18)12-14-23-26(25)27-24(30-23)15-13-21-20-10-6-7-11-22(20)31-29(21)27/h3-15H,1-2H3. The monoisotopic (exact) mass is 437 g/mol. The van der Waals surface area contributed by atoms with Crippen molar-refractivity contribution in [2.45, 2.75) is 13.8 Å². The molecule has 0 atom stereocenters. The van der Waals surface area contributed by atoms with Crippen LogP contribution in [0.5, 0.6) is 0 Å². The Labute approximate surface area is 195 Å². The average molecular weight is 438 g/mol. The minimum atomic E-state index is 0.833. The Hall–Kier alpha value is -4.51. The Morgan fingerprint density at radius 1 is 0.588 bits per heavy atom. The predicted molar refractivity (Wildman–Crippen MR) is 131 cm³/mol. The van der Waals surface area contributed by atoms with E-state index in [9.17, 15) is 0 Å². The minimum absolute atomic E-state index is 0.833. The highest BCUT2D eigenvalue weighted by Gasteiger charge is 2.28. The molecule has 1 aromatic heterocycles. The lowest BCUT2D eigenvalue weighted by atomic mass is 9.87. The second-order valence-corrected chi connectivity index (χ2v) is 8.69. The van der Waals surface area contributed by atoms with Gasteiger partial charge in [0.1, 0.15) is 5.69 Å². The lowest BCUT2D eigenvalue weighted by Crippen LogP contribution is -2.04. The summed E-state index contributed by atoms with van der Waals surface area (Å²) in [6.07, 6.45) is 0. The van der Waals surface area contributed by atoms with Gasteiger partial charge in [0, 0.05) is 32.7 Å². The van der Waals surface area contributed by atoms with E-state index in [0.717, 1.165) is 77.3 Å². The summed E-state index contributed by atoms with van der Waals surface area (Å²) in [5.41, 5.74) is 9.99. The summed E-state index contributed by atoms with van der Waals surface area (Å²) in [4.78, 5) is 10.1. The van der Waals surface area contributed by atoms with Crippen LogP contribution in [-0.2, 0) is 0 Å². The summed E-state index contributed by atoms with van der Waals surface area (Å²) < 4.78 is 0. The van der Waals surface area contributed by atoms with Crippen LogP contribution in [0.15, 0.2) is 88.8 Å². The van der Waals surface area contributed by atoms with Crippen molar-refractivity contribution in [3.63, 3.8) is 0 Å². The van der Waals surface area contributed by atoms with E-state index >= 15 is 0 Å². The smallest absolute Gasteiger partial charge is 0.101 e. The van der Waals surface area contributed by atoms with Gasteiger partial charge in [-0.15, -0.1) is 10.2 Å². The second-order valence-electron chi connectivity index (χ2n) is 8.69. The van der Waals surface area contributed by atoms with Gasteiger partial charge in [0.2, 0.25) is 0 Å². The van der Waals surface area contributed by atoms with Gasteiger partial charge in [0.05, 0.1) is 27.8 Å². The van der Waals surface area contributed by atoms with Crippen molar-refractivity contribution in [2.75, 3.05) is 0 Å². The summed E-state index contributed by atoms with van der Waals surface area (Å²) in [7, 11) is 0. The lowest BCUT2D eigenvalue weighted by molar-refractivity contribution is 0.832. The molecule has 0 aliphatic carbocycles. The first-order valence-corrected chi connectivity index (χ1v) is 11.3. The summed E-state index contributed by atoms with van der Waals surface area (Å²) in [5, 5.41) is 17.1. The Morgan fingerprint density at radius 2 is 1.41 bits per heavy atom. The van der Waals surface area contributed by atoms with E-state index in [1.807, 2.05) is 19.1 Å². The van der Waals surface area contributed by atoms with Gasteiger partial charge in [-0.3, -0.25) is 0 Å². The molecule has 0 saturated heterocycles. The molecule has 2 aliphatic rings. The highest BCUT2D eigenvalue weighted by atomic mass is 15.3. The van der Waals surface area contributed by atoms with Crippen LogP contribution in [0.25, 0.3) is 33.5 Å². The summed E-state index contributed by atoms with van der Waals surface area (Å²) in [6, 6.07) is 27.2. The maximum atomic E-state index is 5.05. The zero-order chi connectivity index (χ0) is 22.8. The SMILES string of the molecule is Cc1nnnc(-c2c(-c3ccccc3)ccc3c2-c2c4c(ccc2=N3)=c2ccccc2=N4)c1C. The Kier molecular flexibility index (Phi) is 3.91. The van der Waals surface area contributed by atoms with Gasteiger partial charge in [-0.1, -0.05) is 54.6 Å². The minimum Gasteiger partial charge on any atom is -0.248 e. The van der Waals surface area contributed by atoms with Crippen LogP contribution in [0.3, 0.4) is 0 Å². The van der Waals surface area contributed by atoms with Crippen LogP contribution >= 0.6 is 0 Å². The highest BCUT2D eigenvalue weighted by molar-refractivity contribution is 6.03. The number of hydrogen-bond acceptors (Lipinski definition) is 5. The van der Waals surface area contributed by atoms with E-state index in [4.69, 9.17) is 9.98 Å². The molecule has 7 rings (SSSR count). The van der Waals surface area contributed by atoms with Gasteiger partial charge >= 0.3 is 0 Å². The number of fused-ring (bicyclic) bond motifs is 6. The van der Waals surface area contributed by atoms with Crippen LogP contribution in [0, 0.1) is 24.3 Å². The van der Waals surface area contributed by atoms with Crippen molar-refractivity contribution >= 4 is 11.4 Å². The van der Waals surface area contributed by atoms with Gasteiger partial charge in [-0.2, -0.15) is 0 Å². The summed E-state index contributed by atoms with van der Waals surface area (Å²) in [6.45, 7) is 4.03. The maximum Gasteiger partial charge on any atom is 0.101 e. The average Bonchev–Trinajstić information content (AvgIpc) is 3.44. The van der Waals surface area contributed by atoms with Crippen molar-refractivity contribution < 1.29 is 0 Å². The van der Waals surface area contributed by atoms with Crippen molar-refractivity contribution in [2.24, 2.45) is 9.98 Å². The molecule has 0 amide bonds. The van der Waals surface area contributed by atoms with Gasteiger partial charge in [-0.05, 0) is 54.5 Å². The Balaban J connectivity index is 1.65. The molecule has 0 saturated carbocycles. The van der Waals surface area contributed by atoms with Crippen LogP contribution in [0.2, 0.25) is 0 Å². The maximum absolute atomic E-state index is 5.05. The number of rotatable bonds is 2. The third-order valence-electron chi connectivity index (χ3n) is 6.82. The van der Waals surface area contributed by atoms with Crippen LogP contribution in [0.4, 0.5) is 11.4 Å². The molecular weight excluding hydrogens is 418 g/mol. The molecule has 4 aromatic carbocycles. The van der Waals surface area contributed by atoms with E-state index in [-0.39, 0.29) is 0 Å². The molecule has 0 bridgehead atoms. The molecule has 5 aromatic rings. The molecule has 2 aliphatic heterocycles. The first-order chi connectivity index (χ1) is 16.7. The van der Waals surface area contributed by atoms with Gasteiger partial charge in [0.15, 0.2) is 0 Å². The molecule has 0 spiro atoms.